The van der Waals surface area contributed by atoms with Crippen molar-refractivity contribution in [3.8, 4) is 0 Å². The molecule has 26 heavy (non-hydrogen) atoms. The van der Waals surface area contributed by atoms with Gasteiger partial charge in [0.2, 0.25) is 0 Å². The average molecular weight is 408 g/mol. The number of ether oxygens (including phenoxy) is 2. The maximum absolute atomic E-state index is 6.43. The van der Waals surface area contributed by atoms with Gasteiger partial charge in [0.05, 0.1) is 29.7 Å². The first-order valence-corrected chi connectivity index (χ1v) is 12.9. The number of hydrogen-bond acceptors (Lipinski definition) is 5. The van der Waals surface area contributed by atoms with Crippen LogP contribution in [0.15, 0.2) is 0 Å². The zero-order valence-corrected chi connectivity index (χ0v) is 21.8. The molecule has 0 aromatic heterocycles. The first-order chi connectivity index (χ1) is 11.8. The lowest BCUT2D eigenvalue weighted by molar-refractivity contribution is -0.0495. The molecule has 5 nitrogen and oxygen atoms in total. The van der Waals surface area contributed by atoms with E-state index >= 15 is 0 Å². The molecule has 0 saturated carbocycles. The zero-order valence-electron chi connectivity index (χ0n) is 18.9. The smallest absolute Gasteiger partial charge is 0.191 e. The normalized spacial score (nSPS) is 20.0. The molecule has 0 fully saturated rings. The van der Waals surface area contributed by atoms with Crippen LogP contribution in [0.25, 0.3) is 0 Å². The van der Waals surface area contributed by atoms with Crippen molar-refractivity contribution < 1.29 is 18.3 Å². The zero-order chi connectivity index (χ0) is 20.5. The van der Waals surface area contributed by atoms with Crippen molar-refractivity contribution in [3.63, 3.8) is 0 Å². The third-order valence-corrected chi connectivity index (χ3v) is 8.56. The summed E-state index contributed by atoms with van der Waals surface area (Å²) in [5, 5.41) is 0. The van der Waals surface area contributed by atoms with Gasteiger partial charge >= 0.3 is 0 Å². The molecule has 4 unspecified atom stereocenters. The maximum Gasteiger partial charge on any atom is 0.191 e. The third-order valence-electron chi connectivity index (χ3n) is 4.21. The average Bonchev–Trinajstić information content (AvgIpc) is 2.52. The van der Waals surface area contributed by atoms with Crippen LogP contribution in [0, 0.1) is 0 Å². The van der Waals surface area contributed by atoms with Gasteiger partial charge < -0.3 is 24.1 Å². The summed E-state index contributed by atoms with van der Waals surface area (Å²) in [5.74, 6) is 0. The van der Waals surface area contributed by atoms with Crippen molar-refractivity contribution >= 4 is 19.5 Å². The lowest BCUT2D eigenvalue weighted by Gasteiger charge is -2.33. The molecule has 0 aromatic rings. The highest BCUT2D eigenvalue weighted by Crippen LogP contribution is 2.15. The Bertz CT molecular complexity index is 338. The highest BCUT2D eigenvalue weighted by molar-refractivity contribution is 6.29. The van der Waals surface area contributed by atoms with E-state index in [1.54, 1.807) is 0 Å². The van der Waals surface area contributed by atoms with Crippen LogP contribution < -0.4 is 5.73 Å². The van der Waals surface area contributed by atoms with E-state index in [9.17, 15) is 0 Å². The highest BCUT2D eigenvalue weighted by Gasteiger charge is 2.27. The Labute approximate surface area is 166 Å². The molecule has 0 rings (SSSR count). The number of hydrogen-bond donors (Lipinski definition) is 1. The van der Waals surface area contributed by atoms with Crippen LogP contribution in [-0.4, -0.2) is 60.4 Å². The molecule has 0 aliphatic carbocycles. The van der Waals surface area contributed by atoms with Crippen LogP contribution in [0.1, 0.15) is 82.1 Å². The lowest BCUT2D eigenvalue weighted by Crippen LogP contribution is -2.48. The molecule has 0 bridgehead atoms. The summed E-state index contributed by atoms with van der Waals surface area (Å²) in [4.78, 5) is 0. The number of rotatable bonds is 12. The van der Waals surface area contributed by atoms with Crippen LogP contribution in [0.3, 0.4) is 0 Å². The van der Waals surface area contributed by atoms with Crippen molar-refractivity contribution in [1.82, 2.24) is 0 Å². The predicted octanol–water partition coefficient (Wildman–Crippen LogP) is 2.39. The van der Waals surface area contributed by atoms with E-state index < -0.39 is 19.5 Å². The lowest BCUT2D eigenvalue weighted by atomic mass is 10.1. The van der Waals surface area contributed by atoms with Gasteiger partial charge in [-0.15, -0.1) is 0 Å². The number of nitrogens with two attached hydrogens (primary N) is 1. The maximum atomic E-state index is 6.43. The van der Waals surface area contributed by atoms with Crippen molar-refractivity contribution in [3.05, 3.63) is 0 Å². The first kappa shape index (κ1) is 26.2. The van der Waals surface area contributed by atoms with Gasteiger partial charge in [0.15, 0.2) is 19.5 Å². The minimum absolute atomic E-state index is 0.0614. The molecule has 0 spiro atoms. The Morgan fingerprint density at radius 1 is 0.731 bits per heavy atom. The fraction of sp³-hybridized carbons (Fsp3) is 1.00. The van der Waals surface area contributed by atoms with Gasteiger partial charge in [-0.25, -0.2) is 0 Å². The summed E-state index contributed by atoms with van der Waals surface area (Å²) in [7, 11) is -1.52. The highest BCUT2D eigenvalue weighted by atomic mass is 28.2. The van der Waals surface area contributed by atoms with Crippen LogP contribution in [-0.2, 0) is 18.3 Å². The van der Waals surface area contributed by atoms with Gasteiger partial charge in [0.25, 0.3) is 0 Å². The van der Waals surface area contributed by atoms with E-state index in [1.807, 2.05) is 13.8 Å². The molecule has 158 valence electrons. The molecule has 2 N–H and O–H groups in total. The molecule has 0 aliphatic rings. The van der Waals surface area contributed by atoms with Crippen molar-refractivity contribution in [2.24, 2.45) is 5.73 Å². The van der Waals surface area contributed by atoms with Crippen LogP contribution in [0.5, 0.6) is 0 Å². The van der Waals surface area contributed by atoms with Gasteiger partial charge in [-0.3, -0.25) is 0 Å². The molecular weight excluding hydrogens is 362 g/mol. The Balaban J connectivity index is 4.51. The molecule has 7 heteroatoms. The van der Waals surface area contributed by atoms with Gasteiger partial charge in [0, 0.05) is 11.2 Å². The second-order valence-electron chi connectivity index (χ2n) is 9.17. The Morgan fingerprint density at radius 3 is 1.27 bits per heavy atom. The fourth-order valence-corrected chi connectivity index (χ4v) is 4.97. The molecule has 0 aliphatic heterocycles. The van der Waals surface area contributed by atoms with Gasteiger partial charge in [0.1, 0.15) is 0 Å². The van der Waals surface area contributed by atoms with Gasteiger partial charge in [-0.05, 0) is 68.2 Å². The van der Waals surface area contributed by atoms with Crippen molar-refractivity contribution in [2.75, 3.05) is 0 Å². The topological polar surface area (TPSA) is 62.9 Å². The molecule has 0 saturated heterocycles. The summed E-state index contributed by atoms with van der Waals surface area (Å²) in [6.45, 7) is 20.9. The summed E-state index contributed by atoms with van der Waals surface area (Å²) in [6, 6.07) is -0.162. The standard InChI is InChI=1S/C19H45NO4Si2/c1-11-15(25-23-18(5,6)7)21-13(3)17(20)14(4)22-16(12-2)26-24-19(8,9)10/h13-17H,11-12,20,25-26H2,1-10H3. The molecule has 0 aromatic carbocycles. The Hall–Kier alpha value is 0.234. The molecule has 0 radical (unpaired) electrons. The molecule has 0 amide bonds. The van der Waals surface area contributed by atoms with Crippen molar-refractivity contribution in [1.29, 1.82) is 0 Å². The second-order valence-corrected chi connectivity index (χ2v) is 12.2. The summed E-state index contributed by atoms with van der Waals surface area (Å²) in [5.41, 5.74) is 6.60. The largest absolute Gasteiger partial charge is 0.417 e. The molecule has 4 atom stereocenters. The van der Waals surface area contributed by atoms with E-state index in [4.69, 9.17) is 24.1 Å². The molecule has 0 heterocycles. The van der Waals surface area contributed by atoms with Gasteiger partial charge in [-0.2, -0.15) is 0 Å². The Kier molecular flexibility index (Phi) is 12.0. The summed E-state index contributed by atoms with van der Waals surface area (Å²) >= 11 is 0. The Morgan fingerprint density at radius 2 is 1.04 bits per heavy atom. The first-order valence-electron chi connectivity index (χ1n) is 10.1. The second kappa shape index (κ2) is 11.9. The van der Waals surface area contributed by atoms with Crippen LogP contribution in [0.4, 0.5) is 0 Å². The van der Waals surface area contributed by atoms with E-state index in [0.29, 0.717) is 0 Å². The van der Waals surface area contributed by atoms with E-state index in [1.165, 1.54) is 0 Å². The quantitative estimate of drug-likeness (QED) is 0.503. The minimum atomic E-state index is -0.760. The van der Waals surface area contributed by atoms with Crippen LogP contribution >= 0.6 is 0 Å². The SMILES string of the molecule is CCC(OC(C)C(N)C(C)OC(CC)[SiH2]OC(C)(C)C)[SiH2]OC(C)(C)C. The van der Waals surface area contributed by atoms with E-state index in [-0.39, 0.29) is 40.9 Å². The third kappa shape index (κ3) is 12.6. The van der Waals surface area contributed by atoms with Crippen molar-refractivity contribution in [2.45, 2.75) is 123 Å². The van der Waals surface area contributed by atoms with Gasteiger partial charge in [-0.1, -0.05) is 13.8 Å². The summed E-state index contributed by atoms with van der Waals surface area (Å²) in [6.07, 6.45) is 1.79. The van der Waals surface area contributed by atoms with Crippen LogP contribution in [0.2, 0.25) is 0 Å². The fourth-order valence-electron chi connectivity index (χ4n) is 2.36. The predicted molar refractivity (Wildman–Crippen MR) is 116 cm³/mol. The molecular formula is C19H45NO4Si2. The van der Waals surface area contributed by atoms with E-state index in [2.05, 4.69) is 55.4 Å². The minimum Gasteiger partial charge on any atom is -0.417 e. The monoisotopic (exact) mass is 407 g/mol. The van der Waals surface area contributed by atoms with E-state index in [0.717, 1.165) is 12.8 Å². The summed E-state index contributed by atoms with van der Waals surface area (Å²) < 4.78 is 24.4.